The highest BCUT2D eigenvalue weighted by Crippen LogP contribution is 2.25. The first-order valence-electron chi connectivity index (χ1n) is 8.34. The Morgan fingerprint density at radius 2 is 1.79 bits per heavy atom. The van der Waals surface area contributed by atoms with Gasteiger partial charge >= 0.3 is 0 Å². The molecule has 0 amide bonds. The summed E-state index contributed by atoms with van der Waals surface area (Å²) in [5.74, 6) is 0.858. The van der Waals surface area contributed by atoms with E-state index in [1.807, 2.05) is 0 Å². The Hall–Kier alpha value is -0.120. The maximum Gasteiger partial charge on any atom is 0.0599 e. The van der Waals surface area contributed by atoms with E-state index in [1.54, 1.807) is 0 Å². The number of hydrogen-bond acceptors (Lipinski definition) is 3. The molecule has 2 unspecified atom stereocenters. The Kier molecular flexibility index (Phi) is 6.62. The highest BCUT2D eigenvalue weighted by Gasteiger charge is 2.26. The Balaban J connectivity index is 1.76. The Morgan fingerprint density at radius 3 is 2.47 bits per heavy atom. The van der Waals surface area contributed by atoms with Crippen molar-refractivity contribution >= 4 is 0 Å². The van der Waals surface area contributed by atoms with Gasteiger partial charge in [0.05, 0.1) is 6.10 Å². The molecule has 2 aliphatic rings. The molecule has 1 aliphatic heterocycles. The molecule has 2 rings (SSSR count). The maximum atomic E-state index is 5.74. The lowest BCUT2D eigenvalue weighted by molar-refractivity contribution is 0.00955. The van der Waals surface area contributed by atoms with E-state index in [0.29, 0.717) is 6.10 Å². The molecule has 1 aliphatic carbocycles. The third-order valence-corrected chi connectivity index (χ3v) is 4.96. The van der Waals surface area contributed by atoms with Crippen molar-refractivity contribution in [2.75, 3.05) is 33.3 Å². The first kappa shape index (κ1) is 15.3. The molecule has 3 heteroatoms. The van der Waals surface area contributed by atoms with Crippen molar-refractivity contribution in [1.82, 2.24) is 10.2 Å². The lowest BCUT2D eigenvalue weighted by atomic mass is 9.93. The second-order valence-corrected chi connectivity index (χ2v) is 6.25. The SMILES string of the molecule is CCOC1CCN(CC2CCCCCC2NC)CC1. The lowest BCUT2D eigenvalue weighted by Gasteiger charge is -2.36. The van der Waals surface area contributed by atoms with E-state index in [4.69, 9.17) is 4.74 Å². The molecule has 0 spiro atoms. The fourth-order valence-corrected chi connectivity index (χ4v) is 3.81. The van der Waals surface area contributed by atoms with Crippen molar-refractivity contribution in [3.8, 4) is 0 Å². The van der Waals surface area contributed by atoms with E-state index in [2.05, 4.69) is 24.2 Å². The standard InChI is InChI=1S/C16H32N2O/c1-3-19-15-9-11-18(12-10-15)13-14-7-5-4-6-8-16(14)17-2/h14-17H,3-13H2,1-2H3. The van der Waals surface area contributed by atoms with Gasteiger partial charge in [0.15, 0.2) is 0 Å². The quantitative estimate of drug-likeness (QED) is 0.776. The minimum atomic E-state index is 0.524. The number of nitrogens with zero attached hydrogens (tertiary/aromatic N) is 1. The van der Waals surface area contributed by atoms with Crippen molar-refractivity contribution in [3.05, 3.63) is 0 Å². The van der Waals surface area contributed by atoms with Crippen LogP contribution in [0, 0.1) is 5.92 Å². The van der Waals surface area contributed by atoms with Crippen LogP contribution in [0.2, 0.25) is 0 Å². The molecule has 1 N–H and O–H groups in total. The van der Waals surface area contributed by atoms with E-state index in [-0.39, 0.29) is 0 Å². The number of hydrogen-bond donors (Lipinski definition) is 1. The van der Waals surface area contributed by atoms with Crippen LogP contribution in [0.4, 0.5) is 0 Å². The van der Waals surface area contributed by atoms with Crippen LogP contribution in [0.5, 0.6) is 0 Å². The second-order valence-electron chi connectivity index (χ2n) is 6.25. The summed E-state index contributed by atoms with van der Waals surface area (Å²) in [6.07, 6.45) is 10.0. The van der Waals surface area contributed by atoms with Crippen LogP contribution in [-0.4, -0.2) is 50.3 Å². The van der Waals surface area contributed by atoms with Crippen LogP contribution < -0.4 is 5.32 Å². The molecule has 1 heterocycles. The maximum absolute atomic E-state index is 5.74. The van der Waals surface area contributed by atoms with Crippen LogP contribution in [0.15, 0.2) is 0 Å². The summed E-state index contributed by atoms with van der Waals surface area (Å²) in [5.41, 5.74) is 0. The summed E-state index contributed by atoms with van der Waals surface area (Å²) < 4.78 is 5.74. The topological polar surface area (TPSA) is 24.5 Å². The van der Waals surface area contributed by atoms with Gasteiger partial charge in [-0.1, -0.05) is 19.3 Å². The average molecular weight is 268 g/mol. The van der Waals surface area contributed by atoms with Crippen LogP contribution in [-0.2, 0) is 4.74 Å². The minimum Gasteiger partial charge on any atom is -0.378 e. The van der Waals surface area contributed by atoms with Gasteiger partial charge in [0.2, 0.25) is 0 Å². The van der Waals surface area contributed by atoms with Crippen LogP contribution in [0.25, 0.3) is 0 Å². The number of piperidine rings is 1. The fourth-order valence-electron chi connectivity index (χ4n) is 3.81. The number of rotatable bonds is 5. The first-order chi connectivity index (χ1) is 9.33. The molecule has 1 saturated heterocycles. The monoisotopic (exact) mass is 268 g/mol. The average Bonchev–Trinajstić information content (AvgIpc) is 2.66. The molecule has 0 radical (unpaired) electrons. The van der Waals surface area contributed by atoms with Crippen molar-refractivity contribution in [1.29, 1.82) is 0 Å². The lowest BCUT2D eigenvalue weighted by Crippen LogP contribution is -2.44. The van der Waals surface area contributed by atoms with Gasteiger partial charge in [-0.25, -0.2) is 0 Å². The molecular weight excluding hydrogens is 236 g/mol. The van der Waals surface area contributed by atoms with E-state index >= 15 is 0 Å². The largest absolute Gasteiger partial charge is 0.378 e. The summed E-state index contributed by atoms with van der Waals surface area (Å²) >= 11 is 0. The van der Waals surface area contributed by atoms with E-state index in [0.717, 1.165) is 18.6 Å². The zero-order valence-corrected chi connectivity index (χ0v) is 12.9. The van der Waals surface area contributed by atoms with E-state index in [1.165, 1.54) is 64.6 Å². The zero-order valence-electron chi connectivity index (χ0n) is 12.9. The Bertz CT molecular complexity index is 239. The van der Waals surface area contributed by atoms with Gasteiger partial charge in [-0.05, 0) is 45.6 Å². The van der Waals surface area contributed by atoms with Gasteiger partial charge in [0, 0.05) is 32.3 Å². The van der Waals surface area contributed by atoms with Crippen LogP contribution in [0.1, 0.15) is 51.9 Å². The summed E-state index contributed by atoms with van der Waals surface area (Å²) in [6.45, 7) is 6.74. The van der Waals surface area contributed by atoms with Crippen molar-refractivity contribution in [2.45, 2.75) is 64.0 Å². The molecular formula is C16H32N2O. The normalized spacial score (nSPS) is 31.3. The summed E-state index contributed by atoms with van der Waals surface area (Å²) in [4.78, 5) is 2.68. The van der Waals surface area contributed by atoms with Crippen LogP contribution in [0.3, 0.4) is 0 Å². The fraction of sp³-hybridized carbons (Fsp3) is 1.00. The van der Waals surface area contributed by atoms with Crippen molar-refractivity contribution < 1.29 is 4.74 Å². The molecule has 1 saturated carbocycles. The highest BCUT2D eigenvalue weighted by atomic mass is 16.5. The number of likely N-dealkylation sites (tertiary alicyclic amines) is 1. The van der Waals surface area contributed by atoms with Gasteiger partial charge in [0.1, 0.15) is 0 Å². The number of ether oxygens (including phenoxy) is 1. The summed E-state index contributed by atoms with van der Waals surface area (Å²) in [6, 6.07) is 0.743. The molecule has 0 bridgehead atoms. The van der Waals surface area contributed by atoms with Gasteiger partial charge < -0.3 is 15.0 Å². The summed E-state index contributed by atoms with van der Waals surface area (Å²) in [5, 5.41) is 3.56. The predicted molar refractivity (Wildman–Crippen MR) is 80.5 cm³/mol. The van der Waals surface area contributed by atoms with E-state index in [9.17, 15) is 0 Å². The third kappa shape index (κ3) is 4.73. The number of nitrogens with one attached hydrogen (secondary N) is 1. The molecule has 2 atom stereocenters. The summed E-state index contributed by atoms with van der Waals surface area (Å²) in [7, 11) is 2.14. The van der Waals surface area contributed by atoms with Crippen molar-refractivity contribution in [3.63, 3.8) is 0 Å². The molecule has 19 heavy (non-hydrogen) atoms. The van der Waals surface area contributed by atoms with Gasteiger partial charge in [-0.15, -0.1) is 0 Å². The smallest absolute Gasteiger partial charge is 0.0599 e. The highest BCUT2D eigenvalue weighted by molar-refractivity contribution is 4.83. The van der Waals surface area contributed by atoms with Gasteiger partial charge in [-0.2, -0.15) is 0 Å². The first-order valence-corrected chi connectivity index (χ1v) is 8.34. The van der Waals surface area contributed by atoms with E-state index < -0.39 is 0 Å². The molecule has 2 fully saturated rings. The second kappa shape index (κ2) is 8.23. The molecule has 0 aromatic rings. The van der Waals surface area contributed by atoms with Crippen molar-refractivity contribution in [2.24, 2.45) is 5.92 Å². The minimum absolute atomic E-state index is 0.524. The zero-order chi connectivity index (χ0) is 13.5. The third-order valence-electron chi connectivity index (χ3n) is 4.96. The van der Waals surface area contributed by atoms with Crippen LogP contribution >= 0.6 is 0 Å². The molecule has 0 aromatic heterocycles. The van der Waals surface area contributed by atoms with Gasteiger partial charge in [0.25, 0.3) is 0 Å². The molecule has 112 valence electrons. The predicted octanol–water partition coefficient (Wildman–Crippen LogP) is 2.66. The Labute approximate surface area is 119 Å². The van der Waals surface area contributed by atoms with Gasteiger partial charge in [-0.3, -0.25) is 0 Å². The molecule has 0 aromatic carbocycles. The molecule has 3 nitrogen and oxygen atoms in total. The Morgan fingerprint density at radius 1 is 1.05 bits per heavy atom.